The molecule has 3 heteroatoms. The zero-order chi connectivity index (χ0) is 19.0. The first-order valence-corrected chi connectivity index (χ1v) is 10.5. The second-order valence-corrected chi connectivity index (χ2v) is 7.46. The van der Waals surface area contributed by atoms with E-state index in [0.717, 1.165) is 25.7 Å². The monoisotopic (exact) mass is 362 g/mol. The van der Waals surface area contributed by atoms with Gasteiger partial charge in [-0.1, -0.05) is 56.2 Å². The topological polar surface area (TPSA) is 57.5 Å². The van der Waals surface area contributed by atoms with E-state index < -0.39 is 5.97 Å². The van der Waals surface area contributed by atoms with Crippen molar-refractivity contribution < 1.29 is 15.0 Å². The zero-order valence-corrected chi connectivity index (χ0v) is 16.5. The molecule has 0 amide bonds. The van der Waals surface area contributed by atoms with Crippen molar-refractivity contribution in [3.8, 4) is 0 Å². The molecule has 0 saturated heterocycles. The summed E-state index contributed by atoms with van der Waals surface area (Å²) in [5.74, 6) is 0.365. The first kappa shape index (κ1) is 22.7. The molecule has 0 aromatic rings. The van der Waals surface area contributed by atoms with Crippen molar-refractivity contribution in [3.05, 3.63) is 36.5 Å². The third-order valence-electron chi connectivity index (χ3n) is 5.01. The van der Waals surface area contributed by atoms with Gasteiger partial charge in [0, 0.05) is 6.42 Å². The molecule has 1 aliphatic rings. The third-order valence-corrected chi connectivity index (χ3v) is 5.01. The van der Waals surface area contributed by atoms with Crippen LogP contribution in [-0.4, -0.2) is 22.3 Å². The largest absolute Gasteiger partial charge is 0.481 e. The van der Waals surface area contributed by atoms with Gasteiger partial charge in [0.15, 0.2) is 0 Å². The van der Waals surface area contributed by atoms with Gasteiger partial charge in [-0.15, -0.1) is 0 Å². The number of carboxylic acids is 1. The average molecular weight is 363 g/mol. The fourth-order valence-electron chi connectivity index (χ4n) is 3.27. The molecule has 0 unspecified atom stereocenters. The molecule has 148 valence electrons. The number of unbranched alkanes of at least 4 members (excludes halogenated alkanes) is 4. The van der Waals surface area contributed by atoms with E-state index in [0.29, 0.717) is 18.3 Å². The molecule has 0 aromatic carbocycles. The molecule has 0 bridgehead atoms. The van der Waals surface area contributed by atoms with E-state index in [1.807, 2.05) is 18.2 Å². The average Bonchev–Trinajstić information content (AvgIpc) is 3.44. The standard InChI is InChI=1S/C23H38O3/c1-2-3-4-5-6-9-12-15-21(20-18-19-20)22(24)16-13-10-7-8-11-14-17-23(25)26/h6-9,13,16,20-22,24H,2-5,10-12,14-15,17-19H2,1H3,(H,25,26)/b8-7-,9-6-,16-13-/t21-,22-/m1/s1. The smallest absolute Gasteiger partial charge is 0.303 e. The molecule has 1 rings (SSSR count). The SMILES string of the molecule is CCCCC/C=C\CC[C@H](C1CC1)[C@H](O)/C=C\C/C=C\CCCC(=O)O. The molecular formula is C23H38O3. The van der Waals surface area contributed by atoms with Gasteiger partial charge in [0.25, 0.3) is 0 Å². The summed E-state index contributed by atoms with van der Waals surface area (Å²) in [5.41, 5.74) is 0. The minimum Gasteiger partial charge on any atom is -0.481 e. The summed E-state index contributed by atoms with van der Waals surface area (Å²) >= 11 is 0. The van der Waals surface area contributed by atoms with Crippen LogP contribution in [0.4, 0.5) is 0 Å². The van der Waals surface area contributed by atoms with Crippen LogP contribution in [-0.2, 0) is 4.79 Å². The maximum Gasteiger partial charge on any atom is 0.303 e. The number of aliphatic carboxylic acids is 1. The van der Waals surface area contributed by atoms with E-state index >= 15 is 0 Å². The Balaban J connectivity index is 2.20. The molecule has 26 heavy (non-hydrogen) atoms. The van der Waals surface area contributed by atoms with Crippen LogP contribution in [0.3, 0.4) is 0 Å². The van der Waals surface area contributed by atoms with E-state index in [4.69, 9.17) is 5.11 Å². The highest BCUT2D eigenvalue weighted by Crippen LogP contribution is 2.41. The molecule has 0 radical (unpaired) electrons. The van der Waals surface area contributed by atoms with Crippen molar-refractivity contribution in [2.24, 2.45) is 11.8 Å². The minimum absolute atomic E-state index is 0.231. The Labute approximate surface area is 159 Å². The van der Waals surface area contributed by atoms with E-state index in [1.54, 1.807) is 0 Å². The van der Waals surface area contributed by atoms with Crippen molar-refractivity contribution in [2.75, 3.05) is 0 Å². The maximum atomic E-state index is 10.5. The highest BCUT2D eigenvalue weighted by atomic mass is 16.4. The summed E-state index contributed by atoms with van der Waals surface area (Å²) < 4.78 is 0. The first-order chi connectivity index (χ1) is 12.6. The second-order valence-electron chi connectivity index (χ2n) is 7.46. The summed E-state index contributed by atoms with van der Waals surface area (Å²) in [5, 5.41) is 19.1. The molecule has 2 N–H and O–H groups in total. The minimum atomic E-state index is -0.733. The molecule has 0 heterocycles. The molecule has 0 spiro atoms. The van der Waals surface area contributed by atoms with Gasteiger partial charge in [-0.3, -0.25) is 4.79 Å². The lowest BCUT2D eigenvalue weighted by molar-refractivity contribution is -0.137. The van der Waals surface area contributed by atoms with Crippen molar-refractivity contribution in [1.82, 2.24) is 0 Å². The van der Waals surface area contributed by atoms with Gasteiger partial charge in [0.05, 0.1) is 6.10 Å². The van der Waals surface area contributed by atoms with Crippen LogP contribution in [0.5, 0.6) is 0 Å². The molecule has 2 atom stereocenters. The summed E-state index contributed by atoms with van der Waals surface area (Å²) in [4.78, 5) is 10.4. The predicted molar refractivity (Wildman–Crippen MR) is 109 cm³/mol. The molecule has 0 aromatic heterocycles. The zero-order valence-electron chi connectivity index (χ0n) is 16.5. The van der Waals surface area contributed by atoms with Crippen LogP contribution in [0.1, 0.15) is 84.0 Å². The quantitative estimate of drug-likeness (QED) is 0.260. The lowest BCUT2D eigenvalue weighted by Crippen LogP contribution is -2.20. The van der Waals surface area contributed by atoms with Crippen molar-refractivity contribution >= 4 is 5.97 Å². The van der Waals surface area contributed by atoms with Crippen molar-refractivity contribution in [3.63, 3.8) is 0 Å². The Bertz CT molecular complexity index is 446. The van der Waals surface area contributed by atoms with Crippen LogP contribution >= 0.6 is 0 Å². The first-order valence-electron chi connectivity index (χ1n) is 10.5. The maximum absolute atomic E-state index is 10.5. The molecule has 1 aliphatic carbocycles. The van der Waals surface area contributed by atoms with Gasteiger partial charge in [0.1, 0.15) is 0 Å². The Morgan fingerprint density at radius 3 is 2.38 bits per heavy atom. The summed E-state index contributed by atoms with van der Waals surface area (Å²) in [6.45, 7) is 2.23. The lowest BCUT2D eigenvalue weighted by Gasteiger charge is -2.19. The number of carbonyl (C=O) groups is 1. The Hall–Kier alpha value is -1.35. The number of aliphatic hydroxyl groups excluding tert-OH is 1. The number of hydrogen-bond acceptors (Lipinski definition) is 2. The second kappa shape index (κ2) is 14.8. The van der Waals surface area contributed by atoms with E-state index in [1.165, 1.54) is 38.5 Å². The number of carboxylic acid groups (broad SMARTS) is 1. The van der Waals surface area contributed by atoms with Crippen molar-refractivity contribution in [1.29, 1.82) is 0 Å². The number of aliphatic hydroxyl groups is 1. The van der Waals surface area contributed by atoms with Crippen LogP contribution in [0.25, 0.3) is 0 Å². The predicted octanol–water partition coefficient (Wildman–Crippen LogP) is 6.05. The number of rotatable bonds is 16. The van der Waals surface area contributed by atoms with E-state index in [-0.39, 0.29) is 12.5 Å². The summed E-state index contributed by atoms with van der Waals surface area (Å²) in [6.07, 6.45) is 24.6. The van der Waals surface area contributed by atoms with Crippen LogP contribution in [0.2, 0.25) is 0 Å². The normalized spacial score (nSPS) is 17.5. The molecule has 1 saturated carbocycles. The Morgan fingerprint density at radius 1 is 1.00 bits per heavy atom. The van der Waals surface area contributed by atoms with Crippen LogP contribution < -0.4 is 0 Å². The van der Waals surface area contributed by atoms with Crippen LogP contribution in [0.15, 0.2) is 36.5 Å². The van der Waals surface area contributed by atoms with Gasteiger partial charge in [-0.2, -0.15) is 0 Å². The Morgan fingerprint density at radius 2 is 1.69 bits per heavy atom. The highest BCUT2D eigenvalue weighted by Gasteiger charge is 2.34. The molecule has 1 fully saturated rings. The number of hydrogen-bond donors (Lipinski definition) is 2. The van der Waals surface area contributed by atoms with E-state index in [2.05, 4.69) is 25.2 Å². The van der Waals surface area contributed by atoms with Gasteiger partial charge >= 0.3 is 5.97 Å². The molecule has 0 aliphatic heterocycles. The van der Waals surface area contributed by atoms with Gasteiger partial charge in [-0.05, 0) is 69.6 Å². The number of allylic oxidation sites excluding steroid dienone is 5. The van der Waals surface area contributed by atoms with Crippen molar-refractivity contribution in [2.45, 2.75) is 90.1 Å². The van der Waals surface area contributed by atoms with Gasteiger partial charge in [-0.25, -0.2) is 0 Å². The highest BCUT2D eigenvalue weighted by molar-refractivity contribution is 5.66. The third kappa shape index (κ3) is 12.1. The van der Waals surface area contributed by atoms with Gasteiger partial charge < -0.3 is 10.2 Å². The molecular weight excluding hydrogens is 324 g/mol. The summed E-state index contributed by atoms with van der Waals surface area (Å²) in [6, 6.07) is 0. The van der Waals surface area contributed by atoms with E-state index in [9.17, 15) is 9.90 Å². The Kier molecular flexibility index (Phi) is 12.9. The fraction of sp³-hybridized carbons (Fsp3) is 0.696. The fourth-order valence-corrected chi connectivity index (χ4v) is 3.27. The summed E-state index contributed by atoms with van der Waals surface area (Å²) in [7, 11) is 0. The van der Waals surface area contributed by atoms with Gasteiger partial charge in [0.2, 0.25) is 0 Å². The lowest BCUT2D eigenvalue weighted by atomic mass is 9.91. The van der Waals surface area contributed by atoms with Crippen LogP contribution in [0, 0.1) is 11.8 Å². The molecule has 3 nitrogen and oxygen atoms in total.